The van der Waals surface area contributed by atoms with Gasteiger partial charge in [0, 0.05) is 31.7 Å². The Morgan fingerprint density at radius 3 is 2.71 bits per heavy atom. The molecule has 1 fully saturated rings. The highest BCUT2D eigenvalue weighted by molar-refractivity contribution is 5.42. The van der Waals surface area contributed by atoms with E-state index in [0.29, 0.717) is 0 Å². The number of rotatable bonds is 1. The predicted molar refractivity (Wildman–Crippen MR) is 70.6 cm³/mol. The van der Waals surface area contributed by atoms with Gasteiger partial charge in [-0.05, 0) is 43.9 Å². The fourth-order valence-electron chi connectivity index (χ4n) is 2.82. The number of aromatic nitrogens is 1. The summed E-state index contributed by atoms with van der Waals surface area (Å²) in [5.74, 6) is 1.20. The maximum absolute atomic E-state index is 4.88. The lowest BCUT2D eigenvalue weighted by Gasteiger charge is -2.28. The number of pyridine rings is 1. The highest BCUT2D eigenvalue weighted by Gasteiger charge is 2.15. The summed E-state index contributed by atoms with van der Waals surface area (Å²) >= 11 is 0. The first-order valence-electron chi connectivity index (χ1n) is 6.88. The van der Waals surface area contributed by atoms with Crippen molar-refractivity contribution in [3.05, 3.63) is 23.4 Å². The summed E-state index contributed by atoms with van der Waals surface area (Å²) in [5, 5.41) is 3.44. The summed E-state index contributed by atoms with van der Waals surface area (Å²) in [5.41, 5.74) is 2.76. The van der Waals surface area contributed by atoms with E-state index in [1.54, 1.807) is 0 Å². The first-order chi connectivity index (χ1) is 8.43. The number of nitrogens with zero attached hydrogens (tertiary/aromatic N) is 2. The molecule has 3 nitrogen and oxygen atoms in total. The van der Waals surface area contributed by atoms with Gasteiger partial charge in [0.25, 0.3) is 0 Å². The largest absolute Gasteiger partial charge is 0.357 e. The molecule has 92 valence electrons. The molecule has 0 atom stereocenters. The molecule has 0 aromatic carbocycles. The summed E-state index contributed by atoms with van der Waals surface area (Å²) in [6.07, 6.45) is 6.23. The smallest absolute Gasteiger partial charge is 0.128 e. The molecule has 1 aromatic heterocycles. The van der Waals surface area contributed by atoms with E-state index in [0.717, 1.165) is 25.9 Å². The molecule has 0 bridgehead atoms. The highest BCUT2D eigenvalue weighted by atomic mass is 15.2. The number of piperidine rings is 1. The van der Waals surface area contributed by atoms with Gasteiger partial charge in [0.15, 0.2) is 0 Å². The highest BCUT2D eigenvalue weighted by Crippen LogP contribution is 2.20. The molecule has 1 saturated heterocycles. The molecule has 3 heterocycles. The molecule has 17 heavy (non-hydrogen) atoms. The van der Waals surface area contributed by atoms with Crippen molar-refractivity contribution in [1.82, 2.24) is 10.3 Å². The minimum absolute atomic E-state index is 1.07. The van der Waals surface area contributed by atoms with E-state index >= 15 is 0 Å². The third-order valence-corrected chi connectivity index (χ3v) is 3.84. The Morgan fingerprint density at radius 2 is 1.82 bits per heavy atom. The number of fused-ring (bicyclic) bond motifs is 1. The van der Waals surface area contributed by atoms with Crippen LogP contribution in [0.2, 0.25) is 0 Å². The van der Waals surface area contributed by atoms with Gasteiger partial charge < -0.3 is 10.2 Å². The third-order valence-electron chi connectivity index (χ3n) is 3.84. The molecular formula is C14H21N3. The molecule has 0 aliphatic carbocycles. The third kappa shape index (κ3) is 2.44. The van der Waals surface area contributed by atoms with Crippen molar-refractivity contribution >= 4 is 5.82 Å². The van der Waals surface area contributed by atoms with E-state index < -0.39 is 0 Å². The average Bonchev–Trinajstić information content (AvgIpc) is 2.64. The zero-order valence-corrected chi connectivity index (χ0v) is 10.4. The Bertz CT molecular complexity index is 383. The summed E-state index contributed by atoms with van der Waals surface area (Å²) in [6.45, 7) is 4.54. The van der Waals surface area contributed by atoms with Crippen molar-refractivity contribution in [2.45, 2.75) is 32.1 Å². The summed E-state index contributed by atoms with van der Waals surface area (Å²) < 4.78 is 0. The van der Waals surface area contributed by atoms with E-state index in [9.17, 15) is 0 Å². The van der Waals surface area contributed by atoms with Crippen LogP contribution in [0.4, 0.5) is 5.82 Å². The molecule has 2 aliphatic rings. The Balaban J connectivity index is 1.83. The fourth-order valence-corrected chi connectivity index (χ4v) is 2.82. The van der Waals surface area contributed by atoms with Gasteiger partial charge in [-0.15, -0.1) is 0 Å². The minimum atomic E-state index is 1.07. The van der Waals surface area contributed by atoms with Crippen molar-refractivity contribution in [2.24, 2.45) is 0 Å². The van der Waals surface area contributed by atoms with Crippen molar-refractivity contribution in [1.29, 1.82) is 0 Å². The van der Waals surface area contributed by atoms with Crippen LogP contribution >= 0.6 is 0 Å². The van der Waals surface area contributed by atoms with Gasteiger partial charge >= 0.3 is 0 Å². The van der Waals surface area contributed by atoms with Crippen molar-refractivity contribution in [3.63, 3.8) is 0 Å². The maximum Gasteiger partial charge on any atom is 0.128 e. The lowest BCUT2D eigenvalue weighted by atomic mass is 10.1. The molecule has 3 heteroatoms. The molecule has 0 amide bonds. The Hall–Kier alpha value is -1.09. The van der Waals surface area contributed by atoms with Gasteiger partial charge in [0.1, 0.15) is 5.82 Å². The summed E-state index contributed by atoms with van der Waals surface area (Å²) in [4.78, 5) is 7.33. The monoisotopic (exact) mass is 231 g/mol. The number of nitrogens with one attached hydrogen (secondary N) is 1. The van der Waals surface area contributed by atoms with Crippen LogP contribution in [0, 0.1) is 0 Å². The molecule has 1 N–H and O–H groups in total. The van der Waals surface area contributed by atoms with Crippen LogP contribution in [-0.2, 0) is 12.8 Å². The fraction of sp³-hybridized carbons (Fsp3) is 0.643. The normalized spacial score (nSPS) is 20.8. The van der Waals surface area contributed by atoms with Crippen LogP contribution in [0.3, 0.4) is 0 Å². The predicted octanol–water partition coefficient (Wildman–Crippen LogP) is 1.76. The SMILES string of the molecule is c1cc2c(nc1N1CCCCC1)CCNCC2. The zero-order valence-electron chi connectivity index (χ0n) is 10.4. The van der Waals surface area contributed by atoms with Crippen LogP contribution in [0.5, 0.6) is 0 Å². The van der Waals surface area contributed by atoms with Crippen molar-refractivity contribution < 1.29 is 0 Å². The van der Waals surface area contributed by atoms with Crippen molar-refractivity contribution in [3.8, 4) is 0 Å². The zero-order chi connectivity index (χ0) is 11.5. The van der Waals surface area contributed by atoms with Gasteiger partial charge in [0.2, 0.25) is 0 Å². The second-order valence-electron chi connectivity index (χ2n) is 5.07. The van der Waals surface area contributed by atoms with Crippen molar-refractivity contribution in [2.75, 3.05) is 31.1 Å². The number of anilines is 1. The molecule has 0 unspecified atom stereocenters. The second kappa shape index (κ2) is 5.05. The molecular weight excluding hydrogens is 210 g/mol. The molecule has 2 aliphatic heterocycles. The standard InChI is InChI=1S/C14H21N3/c1-2-10-17(11-3-1)14-5-4-12-6-8-15-9-7-13(12)16-14/h4-5,15H,1-3,6-11H2. The minimum Gasteiger partial charge on any atom is -0.357 e. The average molecular weight is 231 g/mol. The Kier molecular flexibility index (Phi) is 3.27. The second-order valence-corrected chi connectivity index (χ2v) is 5.07. The van der Waals surface area contributed by atoms with Gasteiger partial charge in [-0.1, -0.05) is 6.07 Å². The van der Waals surface area contributed by atoms with Crippen LogP contribution in [0.1, 0.15) is 30.5 Å². The summed E-state index contributed by atoms with van der Waals surface area (Å²) in [6, 6.07) is 4.51. The molecule has 0 radical (unpaired) electrons. The van der Waals surface area contributed by atoms with Crippen LogP contribution < -0.4 is 10.2 Å². The number of hydrogen-bond acceptors (Lipinski definition) is 3. The maximum atomic E-state index is 4.88. The molecule has 1 aromatic rings. The van der Waals surface area contributed by atoms with Gasteiger partial charge in [-0.2, -0.15) is 0 Å². The number of hydrogen-bond donors (Lipinski definition) is 1. The Morgan fingerprint density at radius 1 is 1.00 bits per heavy atom. The summed E-state index contributed by atoms with van der Waals surface area (Å²) in [7, 11) is 0. The Labute approximate surface area is 103 Å². The van der Waals surface area contributed by atoms with Crippen LogP contribution in [0.25, 0.3) is 0 Å². The molecule has 0 spiro atoms. The quantitative estimate of drug-likeness (QED) is 0.798. The topological polar surface area (TPSA) is 28.2 Å². The van der Waals surface area contributed by atoms with E-state index in [4.69, 9.17) is 4.98 Å². The van der Waals surface area contributed by atoms with Gasteiger partial charge in [0.05, 0.1) is 0 Å². The van der Waals surface area contributed by atoms with E-state index in [-0.39, 0.29) is 0 Å². The van der Waals surface area contributed by atoms with Crippen LogP contribution in [-0.4, -0.2) is 31.2 Å². The van der Waals surface area contributed by atoms with E-state index in [2.05, 4.69) is 22.3 Å². The molecule has 0 saturated carbocycles. The molecule has 3 rings (SSSR count). The first-order valence-corrected chi connectivity index (χ1v) is 6.88. The van der Waals surface area contributed by atoms with Crippen LogP contribution in [0.15, 0.2) is 12.1 Å². The lowest BCUT2D eigenvalue weighted by Crippen LogP contribution is -2.30. The van der Waals surface area contributed by atoms with Gasteiger partial charge in [-0.25, -0.2) is 4.98 Å². The van der Waals surface area contributed by atoms with Gasteiger partial charge in [-0.3, -0.25) is 0 Å². The van der Waals surface area contributed by atoms with E-state index in [1.807, 2.05) is 0 Å². The first kappa shape index (κ1) is 11.0. The lowest BCUT2D eigenvalue weighted by molar-refractivity contribution is 0.572. The van der Waals surface area contributed by atoms with E-state index in [1.165, 1.54) is 49.4 Å².